The molecule has 3 atom stereocenters. The number of aryl methyl sites for hydroxylation is 1. The zero-order chi connectivity index (χ0) is 33.9. The average molecular weight is 657 g/mol. The van der Waals surface area contributed by atoms with Crippen LogP contribution in [0, 0.1) is 5.41 Å². The standard InChI is InChI=1S/C39H52N4O5/c1-2-6-29(44)19-31(46)20-30(45)11-9-26-10-12-35(47)36(17-26)48-25-43-22-32-33(21-42-34(32)23-43)39(16-15-38(24-39)13-3-4-14-38)28-8-5-7-27(18-28)37(40)41/h5,7-8,10,12,17-18,21,23,29,31,37,44,46-47H,2-4,6,9,11,13-16,19-20,22,24-25,40-41H2,1H3. The third-order valence-corrected chi connectivity index (χ3v) is 11.1. The Morgan fingerprint density at radius 3 is 2.65 bits per heavy atom. The van der Waals surface area contributed by atoms with Crippen LogP contribution in [0.5, 0.6) is 11.5 Å². The lowest BCUT2D eigenvalue weighted by Crippen LogP contribution is -2.31. The lowest BCUT2D eigenvalue weighted by atomic mass is 9.68. The lowest BCUT2D eigenvalue weighted by molar-refractivity contribution is -0.121. The second-order valence-electron chi connectivity index (χ2n) is 14.7. The van der Waals surface area contributed by atoms with Crippen LogP contribution in [0.15, 0.2) is 70.5 Å². The third-order valence-electron chi connectivity index (χ3n) is 11.1. The number of aromatic hydroxyl groups is 1. The number of ketones is 1. The van der Waals surface area contributed by atoms with Crippen LogP contribution in [-0.2, 0) is 16.6 Å². The molecule has 1 spiro atoms. The second-order valence-corrected chi connectivity index (χ2v) is 14.7. The van der Waals surface area contributed by atoms with Crippen molar-refractivity contribution in [2.24, 2.45) is 21.9 Å². The maximum atomic E-state index is 12.5. The number of aliphatic imine (C=N–C) groups is 1. The molecule has 9 nitrogen and oxygen atoms in total. The SMILES string of the molecule is CCCC(O)CC(O)CC(=O)CCc1ccc(O)c(OCN2C=C3N=CC(C4(c5cccc(C(N)N)c5)CCC5(CCCC5)C4)=C3C2)c1. The van der Waals surface area contributed by atoms with Crippen molar-refractivity contribution >= 4 is 12.0 Å². The zero-order valence-electron chi connectivity index (χ0n) is 28.2. The van der Waals surface area contributed by atoms with Crippen LogP contribution in [0.25, 0.3) is 0 Å². The molecule has 0 radical (unpaired) electrons. The van der Waals surface area contributed by atoms with E-state index in [0.29, 0.717) is 30.6 Å². The van der Waals surface area contributed by atoms with Crippen LogP contribution in [0.3, 0.4) is 0 Å². The number of phenolic OH excluding ortho intramolecular Hbond substituents is 1. The molecule has 2 aliphatic heterocycles. The molecule has 3 unspecified atom stereocenters. The van der Waals surface area contributed by atoms with Gasteiger partial charge in [0.2, 0.25) is 0 Å². The van der Waals surface area contributed by atoms with Crippen molar-refractivity contribution < 1.29 is 24.9 Å². The Balaban J connectivity index is 1.12. The summed E-state index contributed by atoms with van der Waals surface area (Å²) in [7, 11) is 0. The van der Waals surface area contributed by atoms with Gasteiger partial charge in [0.15, 0.2) is 18.2 Å². The Kier molecular flexibility index (Phi) is 10.4. The summed E-state index contributed by atoms with van der Waals surface area (Å²) in [6.07, 6.45) is 13.2. The highest BCUT2D eigenvalue weighted by atomic mass is 16.5. The Bertz CT molecular complexity index is 1580. The first-order valence-corrected chi connectivity index (χ1v) is 17.8. The smallest absolute Gasteiger partial charge is 0.163 e. The number of Topliss-reactive ketones (excluding diaryl/α,β-unsaturated/α-hetero) is 1. The summed E-state index contributed by atoms with van der Waals surface area (Å²) in [5.41, 5.74) is 19.1. The fourth-order valence-corrected chi connectivity index (χ4v) is 8.62. The number of allylic oxidation sites excluding steroid dienone is 1. The summed E-state index contributed by atoms with van der Waals surface area (Å²) in [6.45, 7) is 2.88. The van der Waals surface area contributed by atoms with Crippen molar-refractivity contribution in [1.82, 2.24) is 4.90 Å². The Morgan fingerprint density at radius 2 is 1.88 bits per heavy atom. The molecule has 2 aromatic carbocycles. The first-order chi connectivity index (χ1) is 23.1. The highest BCUT2D eigenvalue weighted by Gasteiger charge is 2.53. The van der Waals surface area contributed by atoms with Crippen molar-refractivity contribution in [2.45, 2.75) is 114 Å². The second kappa shape index (κ2) is 14.5. The minimum Gasteiger partial charge on any atom is -0.504 e. The van der Waals surface area contributed by atoms with Crippen molar-refractivity contribution in [2.75, 3.05) is 13.3 Å². The van der Waals surface area contributed by atoms with Crippen molar-refractivity contribution in [3.63, 3.8) is 0 Å². The minimum atomic E-state index is -0.839. The van der Waals surface area contributed by atoms with Gasteiger partial charge < -0.3 is 36.4 Å². The van der Waals surface area contributed by atoms with E-state index in [1.54, 1.807) is 18.2 Å². The molecule has 258 valence electrons. The number of hydrogen-bond donors (Lipinski definition) is 5. The molecule has 2 heterocycles. The fourth-order valence-electron chi connectivity index (χ4n) is 8.62. The van der Waals surface area contributed by atoms with Gasteiger partial charge in [-0.3, -0.25) is 9.79 Å². The number of fused-ring (bicyclic) bond motifs is 1. The number of hydrogen-bond acceptors (Lipinski definition) is 9. The van der Waals surface area contributed by atoms with Gasteiger partial charge in [-0.15, -0.1) is 0 Å². The summed E-state index contributed by atoms with van der Waals surface area (Å²) < 4.78 is 6.13. The van der Waals surface area contributed by atoms with E-state index in [9.17, 15) is 20.1 Å². The normalized spacial score (nSPS) is 22.5. The fraction of sp³-hybridized carbons (Fsp3) is 0.538. The zero-order valence-corrected chi connectivity index (χ0v) is 28.2. The van der Waals surface area contributed by atoms with Crippen molar-refractivity contribution in [3.8, 4) is 11.5 Å². The number of benzene rings is 2. The molecule has 2 aliphatic carbocycles. The summed E-state index contributed by atoms with van der Waals surface area (Å²) in [4.78, 5) is 19.5. The van der Waals surface area contributed by atoms with Gasteiger partial charge in [0.05, 0.1) is 24.1 Å². The topological polar surface area (TPSA) is 155 Å². The molecule has 2 saturated carbocycles. The number of aliphatic hydroxyl groups excluding tert-OH is 2. The van der Waals surface area contributed by atoms with Gasteiger partial charge in [-0.05, 0) is 91.2 Å². The molecule has 2 aromatic rings. The molecule has 0 bridgehead atoms. The van der Waals surface area contributed by atoms with Gasteiger partial charge in [0.25, 0.3) is 0 Å². The molecular formula is C39H52N4O5. The molecule has 6 rings (SSSR count). The number of aliphatic hydroxyl groups is 2. The van der Waals surface area contributed by atoms with E-state index in [-0.39, 0.29) is 42.9 Å². The van der Waals surface area contributed by atoms with Gasteiger partial charge in [-0.25, -0.2) is 0 Å². The van der Waals surface area contributed by atoms with E-state index in [4.69, 9.17) is 21.2 Å². The predicted molar refractivity (Wildman–Crippen MR) is 187 cm³/mol. The number of carbonyl (C=O) groups is 1. The van der Waals surface area contributed by atoms with E-state index >= 15 is 0 Å². The summed E-state index contributed by atoms with van der Waals surface area (Å²) in [5, 5.41) is 30.7. The molecule has 48 heavy (non-hydrogen) atoms. The van der Waals surface area contributed by atoms with Crippen LogP contribution >= 0.6 is 0 Å². The Hall–Kier alpha value is -3.50. The average Bonchev–Trinajstić information content (AvgIpc) is 3.85. The molecule has 9 heteroatoms. The predicted octanol–water partition coefficient (Wildman–Crippen LogP) is 5.67. The van der Waals surface area contributed by atoms with Gasteiger partial charge in [0.1, 0.15) is 5.78 Å². The van der Waals surface area contributed by atoms with Crippen LogP contribution in [0.4, 0.5) is 0 Å². The first-order valence-electron chi connectivity index (χ1n) is 17.8. The quantitative estimate of drug-likeness (QED) is 0.154. The summed E-state index contributed by atoms with van der Waals surface area (Å²) >= 11 is 0. The number of rotatable bonds is 15. The number of ether oxygens (including phenoxy) is 1. The monoisotopic (exact) mass is 656 g/mol. The highest BCUT2D eigenvalue weighted by molar-refractivity contribution is 5.90. The number of phenols is 1. The van der Waals surface area contributed by atoms with Gasteiger partial charge in [-0.1, -0.05) is 56.5 Å². The largest absolute Gasteiger partial charge is 0.504 e. The van der Waals surface area contributed by atoms with E-state index in [1.165, 1.54) is 48.8 Å². The summed E-state index contributed by atoms with van der Waals surface area (Å²) in [5.74, 6) is 0.347. The van der Waals surface area contributed by atoms with Crippen molar-refractivity contribution in [1.29, 1.82) is 0 Å². The van der Waals surface area contributed by atoms with E-state index in [1.807, 2.05) is 19.2 Å². The number of nitrogens with two attached hydrogens (primary N) is 2. The van der Waals surface area contributed by atoms with Crippen LogP contribution in [0.1, 0.15) is 107 Å². The maximum absolute atomic E-state index is 12.5. The maximum Gasteiger partial charge on any atom is 0.163 e. The van der Waals surface area contributed by atoms with E-state index < -0.39 is 18.4 Å². The molecule has 0 saturated heterocycles. The van der Waals surface area contributed by atoms with Gasteiger partial charge >= 0.3 is 0 Å². The van der Waals surface area contributed by atoms with Crippen molar-refractivity contribution in [3.05, 3.63) is 82.2 Å². The third kappa shape index (κ3) is 7.39. The van der Waals surface area contributed by atoms with Crippen LogP contribution in [0.2, 0.25) is 0 Å². The molecule has 0 aromatic heterocycles. The first kappa shape index (κ1) is 34.4. The molecule has 4 aliphatic rings. The van der Waals surface area contributed by atoms with E-state index in [2.05, 4.69) is 29.3 Å². The Labute approximate surface area is 284 Å². The van der Waals surface area contributed by atoms with Gasteiger partial charge in [0, 0.05) is 42.8 Å². The summed E-state index contributed by atoms with van der Waals surface area (Å²) in [6, 6.07) is 13.7. The van der Waals surface area contributed by atoms with E-state index in [0.717, 1.165) is 36.1 Å². The van der Waals surface area contributed by atoms with Crippen LogP contribution in [-0.4, -0.2) is 57.7 Å². The minimum absolute atomic E-state index is 0.0282. The van der Waals surface area contributed by atoms with Crippen LogP contribution < -0.4 is 16.2 Å². The molecule has 0 amide bonds. The highest BCUT2D eigenvalue weighted by Crippen LogP contribution is 2.61. The molecular weight excluding hydrogens is 604 g/mol. The number of nitrogens with zero attached hydrogens (tertiary/aromatic N) is 2. The number of carbonyl (C=O) groups excluding carboxylic acids is 1. The van der Waals surface area contributed by atoms with Gasteiger partial charge in [-0.2, -0.15) is 0 Å². The molecule has 2 fully saturated rings. The lowest BCUT2D eigenvalue weighted by Gasteiger charge is -2.35. The molecule has 7 N–H and O–H groups in total. The Morgan fingerprint density at radius 1 is 1.06 bits per heavy atom.